The molecular formula is C38H32Br2Cl2F8N8O2. The number of hydrogen-bond donors (Lipinski definition) is 4. The summed E-state index contributed by atoms with van der Waals surface area (Å²) in [5.41, 5.74) is 3.45. The third-order valence-corrected chi connectivity index (χ3v) is 9.03. The van der Waals surface area contributed by atoms with Gasteiger partial charge < -0.3 is 30.8 Å². The lowest BCUT2D eigenvalue weighted by Gasteiger charge is -2.21. The molecule has 22 heteroatoms. The SMILES string of the molecule is Br.CN(C)c1[nH]c(=O)c(-c2cc(Cl)ccc2F)cc1N.CN(C)c1[nH]c(=O)c(-c2cc(Cl)ccc2F)cc1Nc1ccncc1C(F)(F)F.FC(F)(F)c1cnccc1Br. The van der Waals surface area contributed by atoms with Gasteiger partial charge in [0.2, 0.25) is 0 Å². The summed E-state index contributed by atoms with van der Waals surface area (Å²) in [6.07, 6.45) is -4.99. The van der Waals surface area contributed by atoms with Crippen LogP contribution in [0.1, 0.15) is 11.1 Å². The number of nitrogens with zero attached hydrogens (tertiary/aromatic N) is 4. The molecule has 2 aromatic carbocycles. The fourth-order valence-electron chi connectivity index (χ4n) is 5.14. The molecule has 0 spiro atoms. The minimum atomic E-state index is -4.64. The Balaban J connectivity index is 0.000000265. The van der Waals surface area contributed by atoms with Crippen LogP contribution in [0.2, 0.25) is 10.0 Å². The van der Waals surface area contributed by atoms with Crippen LogP contribution in [-0.4, -0.2) is 48.1 Å². The summed E-state index contributed by atoms with van der Waals surface area (Å²) in [7, 11) is 6.71. The fraction of sp³-hybridized carbons (Fsp3) is 0.158. The molecule has 0 aliphatic carbocycles. The lowest BCUT2D eigenvalue weighted by atomic mass is 10.1. The molecule has 0 unspecified atom stereocenters. The number of halogens is 12. The highest BCUT2D eigenvalue weighted by Crippen LogP contribution is 2.38. The maximum atomic E-state index is 14.3. The molecule has 4 aromatic heterocycles. The second-order valence-electron chi connectivity index (χ2n) is 12.5. The van der Waals surface area contributed by atoms with Crippen LogP contribution in [0.4, 0.5) is 63.8 Å². The number of aromatic amines is 2. The van der Waals surface area contributed by atoms with E-state index >= 15 is 0 Å². The second-order valence-corrected chi connectivity index (χ2v) is 14.3. The summed E-state index contributed by atoms with van der Waals surface area (Å²) in [5.74, 6) is -0.516. The van der Waals surface area contributed by atoms with Crippen molar-refractivity contribution in [2.75, 3.05) is 49.0 Å². The van der Waals surface area contributed by atoms with Gasteiger partial charge in [0.25, 0.3) is 11.1 Å². The van der Waals surface area contributed by atoms with Crippen molar-refractivity contribution in [3.63, 3.8) is 0 Å². The number of benzene rings is 2. The zero-order valence-corrected chi connectivity index (χ0v) is 36.1. The minimum absolute atomic E-state index is 0. The van der Waals surface area contributed by atoms with Gasteiger partial charge in [-0.1, -0.05) is 39.1 Å². The normalized spacial score (nSPS) is 11.0. The molecule has 10 nitrogen and oxygen atoms in total. The van der Waals surface area contributed by atoms with Crippen LogP contribution in [0, 0.1) is 11.6 Å². The van der Waals surface area contributed by atoms with E-state index in [4.69, 9.17) is 28.9 Å². The van der Waals surface area contributed by atoms with E-state index in [1.165, 1.54) is 65.8 Å². The van der Waals surface area contributed by atoms with Gasteiger partial charge in [0, 0.05) is 78.6 Å². The molecule has 5 N–H and O–H groups in total. The first-order valence-corrected chi connectivity index (χ1v) is 18.0. The average Bonchev–Trinajstić information content (AvgIpc) is 3.15. The number of pyridine rings is 4. The van der Waals surface area contributed by atoms with Gasteiger partial charge in [0.05, 0.1) is 39.3 Å². The van der Waals surface area contributed by atoms with E-state index in [0.717, 1.165) is 18.3 Å². The number of nitrogens with two attached hydrogens (primary N) is 1. The molecule has 6 rings (SSSR count). The number of H-pyrrole nitrogens is 2. The van der Waals surface area contributed by atoms with Gasteiger partial charge >= 0.3 is 12.4 Å². The molecule has 4 heterocycles. The van der Waals surface area contributed by atoms with Crippen LogP contribution in [0.3, 0.4) is 0 Å². The highest BCUT2D eigenvalue weighted by Gasteiger charge is 2.34. The van der Waals surface area contributed by atoms with Crippen LogP contribution >= 0.6 is 56.1 Å². The Morgan fingerprint density at radius 3 is 1.55 bits per heavy atom. The Bertz CT molecular complexity index is 2570. The van der Waals surface area contributed by atoms with Crippen LogP contribution in [-0.2, 0) is 12.4 Å². The van der Waals surface area contributed by atoms with E-state index in [-0.39, 0.29) is 65.9 Å². The Hall–Kier alpha value is -5.18. The summed E-state index contributed by atoms with van der Waals surface area (Å²) in [4.78, 5) is 39.8. The predicted molar refractivity (Wildman–Crippen MR) is 228 cm³/mol. The van der Waals surface area contributed by atoms with Gasteiger partial charge in [-0.25, -0.2) is 8.78 Å². The van der Waals surface area contributed by atoms with Crippen molar-refractivity contribution in [2.45, 2.75) is 12.4 Å². The van der Waals surface area contributed by atoms with E-state index in [1.54, 1.807) is 33.1 Å². The van der Waals surface area contributed by atoms with Crippen molar-refractivity contribution in [3.8, 4) is 22.3 Å². The lowest BCUT2D eigenvalue weighted by molar-refractivity contribution is -0.138. The molecule has 0 fully saturated rings. The standard InChI is InChI=1S/C19H15ClF4N4O.C13H13ClFN3O.C6H3BrF3N.BrH/c1-28(2)17-16(26-15-5-6-25-9-13(15)19(22,23)24)8-12(18(29)27-17)11-7-10(20)3-4-14(11)21;1-18(2)12-11(16)6-9(13(19)17-12)8-5-7(14)3-4-10(8)15;7-5-1-2-11-3-4(5)6(8,9)10;/h3-9H,1-2H3,(H,25,26)(H,27,29);3-6H,16H2,1-2H3,(H,17,19);1-3H;1H. The summed E-state index contributed by atoms with van der Waals surface area (Å²) < 4.78 is 104. The molecular weight excluding hydrogens is 983 g/mol. The van der Waals surface area contributed by atoms with Gasteiger partial charge in [-0.3, -0.25) is 19.6 Å². The molecule has 0 amide bonds. The van der Waals surface area contributed by atoms with Gasteiger partial charge in [0.15, 0.2) is 0 Å². The first-order valence-electron chi connectivity index (χ1n) is 16.5. The molecule has 0 saturated carbocycles. The summed E-state index contributed by atoms with van der Waals surface area (Å²) >= 11 is 14.5. The molecule has 0 bridgehead atoms. The number of nitrogens with one attached hydrogen (secondary N) is 3. The monoisotopic (exact) mass is 1010 g/mol. The minimum Gasteiger partial charge on any atom is -0.396 e. The zero-order chi connectivity index (χ0) is 44.0. The lowest BCUT2D eigenvalue weighted by Crippen LogP contribution is -2.20. The Kier molecular flexibility index (Phi) is 16.7. The van der Waals surface area contributed by atoms with Crippen LogP contribution in [0.15, 0.2) is 99.5 Å². The molecule has 0 saturated heterocycles. The largest absolute Gasteiger partial charge is 0.419 e. The number of anilines is 5. The van der Waals surface area contributed by atoms with Crippen LogP contribution in [0.25, 0.3) is 22.3 Å². The number of rotatable bonds is 6. The third-order valence-electron chi connectivity index (χ3n) is 7.87. The van der Waals surface area contributed by atoms with E-state index in [2.05, 4.69) is 41.2 Å². The van der Waals surface area contributed by atoms with Crippen molar-refractivity contribution >= 4 is 84.8 Å². The first-order chi connectivity index (χ1) is 27.5. The third kappa shape index (κ3) is 12.4. The van der Waals surface area contributed by atoms with Crippen molar-refractivity contribution in [1.29, 1.82) is 0 Å². The van der Waals surface area contributed by atoms with Gasteiger partial charge in [-0.15, -0.1) is 17.0 Å². The van der Waals surface area contributed by atoms with Crippen LogP contribution < -0.4 is 32.0 Å². The highest BCUT2D eigenvalue weighted by atomic mass is 79.9. The van der Waals surface area contributed by atoms with Crippen molar-refractivity contribution in [1.82, 2.24) is 19.9 Å². The summed E-state index contributed by atoms with van der Waals surface area (Å²) in [6, 6.07) is 12.9. The number of hydrogen-bond acceptors (Lipinski definition) is 8. The second kappa shape index (κ2) is 20.4. The Morgan fingerprint density at radius 2 is 1.10 bits per heavy atom. The maximum Gasteiger partial charge on any atom is 0.419 e. The molecule has 0 aliphatic rings. The van der Waals surface area contributed by atoms with Crippen molar-refractivity contribution in [2.24, 2.45) is 0 Å². The maximum absolute atomic E-state index is 14.3. The fourth-order valence-corrected chi connectivity index (χ4v) is 5.93. The Labute approximate surface area is 365 Å². The number of nitrogen functional groups attached to an aromatic ring is 1. The topological polar surface area (TPSA) is 136 Å². The molecule has 0 radical (unpaired) electrons. The Morgan fingerprint density at radius 1 is 0.650 bits per heavy atom. The van der Waals surface area contributed by atoms with E-state index in [9.17, 15) is 44.7 Å². The van der Waals surface area contributed by atoms with Crippen LogP contribution in [0.5, 0.6) is 0 Å². The van der Waals surface area contributed by atoms with Gasteiger partial charge in [-0.05, 0) is 60.7 Å². The van der Waals surface area contributed by atoms with Crippen molar-refractivity contribution < 1.29 is 35.1 Å². The van der Waals surface area contributed by atoms with Gasteiger partial charge in [-0.2, -0.15) is 26.3 Å². The summed E-state index contributed by atoms with van der Waals surface area (Å²) in [6.45, 7) is 0. The first kappa shape index (κ1) is 49.2. The molecule has 320 valence electrons. The molecule has 0 atom stereocenters. The smallest absolute Gasteiger partial charge is 0.396 e. The van der Waals surface area contributed by atoms with Crippen molar-refractivity contribution in [3.05, 3.63) is 143 Å². The quantitative estimate of drug-likeness (QED) is 0.121. The molecule has 6 aromatic rings. The predicted octanol–water partition coefficient (Wildman–Crippen LogP) is 11.0. The molecule has 60 heavy (non-hydrogen) atoms. The number of aromatic nitrogens is 4. The summed E-state index contributed by atoms with van der Waals surface area (Å²) in [5, 5.41) is 3.23. The highest BCUT2D eigenvalue weighted by molar-refractivity contribution is 9.10. The van der Waals surface area contributed by atoms with Gasteiger partial charge in [0.1, 0.15) is 23.3 Å². The molecule has 0 aliphatic heterocycles. The average molecular weight is 1020 g/mol. The van der Waals surface area contributed by atoms with E-state index in [1.807, 2.05) is 0 Å². The van der Waals surface area contributed by atoms with E-state index in [0.29, 0.717) is 22.7 Å². The zero-order valence-electron chi connectivity index (χ0n) is 31.3. The van der Waals surface area contributed by atoms with E-state index < -0.39 is 46.2 Å². The number of alkyl halides is 6.